The van der Waals surface area contributed by atoms with Crippen molar-refractivity contribution in [2.45, 2.75) is 50.6 Å². The van der Waals surface area contributed by atoms with Gasteiger partial charge in [-0.05, 0) is 52.2 Å². The molecule has 0 aromatic rings. The Morgan fingerprint density at radius 3 is 2.79 bits per heavy atom. The number of piperidine rings is 1. The Hall–Kier alpha value is -0.170. The van der Waals surface area contributed by atoms with E-state index in [1.165, 1.54) is 12.8 Å². The van der Waals surface area contributed by atoms with Crippen LogP contribution in [0, 0.1) is 0 Å². The summed E-state index contributed by atoms with van der Waals surface area (Å²) in [5, 5.41) is 3.04. The Morgan fingerprint density at radius 1 is 1.16 bits per heavy atom. The minimum Gasteiger partial charge on any atom is -0.320 e. The topological polar surface area (TPSA) is 61.4 Å². The first-order valence-electron chi connectivity index (χ1n) is 7.51. The summed E-state index contributed by atoms with van der Waals surface area (Å²) in [5.74, 6) is 0.262. The molecule has 2 atom stereocenters. The molecule has 0 aliphatic carbocycles. The standard InChI is InChI=1S/C13H27N3O2S/c1-14-8-3-5-11-19(17,18)15-12-7-10-16-9-4-2-6-13(12)16/h12-15H,2-11H2,1H3. The second-order valence-electron chi connectivity index (χ2n) is 5.74. The molecule has 112 valence electrons. The third-order valence-electron chi connectivity index (χ3n) is 4.28. The maximum atomic E-state index is 12.1. The molecule has 6 heteroatoms. The van der Waals surface area contributed by atoms with Gasteiger partial charge in [-0.2, -0.15) is 0 Å². The fourth-order valence-electron chi connectivity index (χ4n) is 3.27. The number of hydrogen-bond acceptors (Lipinski definition) is 4. The van der Waals surface area contributed by atoms with Gasteiger partial charge in [-0.1, -0.05) is 6.42 Å². The fraction of sp³-hybridized carbons (Fsp3) is 1.00. The summed E-state index contributed by atoms with van der Waals surface area (Å²) in [6.45, 7) is 3.08. The van der Waals surface area contributed by atoms with Crippen LogP contribution in [0.15, 0.2) is 0 Å². The van der Waals surface area contributed by atoms with Crippen molar-refractivity contribution in [3.05, 3.63) is 0 Å². The van der Waals surface area contributed by atoms with Crippen LogP contribution in [-0.2, 0) is 10.0 Å². The maximum absolute atomic E-state index is 12.1. The van der Waals surface area contributed by atoms with Crippen LogP contribution in [0.25, 0.3) is 0 Å². The van der Waals surface area contributed by atoms with Gasteiger partial charge in [0, 0.05) is 18.6 Å². The van der Waals surface area contributed by atoms with Crippen molar-refractivity contribution in [2.24, 2.45) is 0 Å². The molecule has 2 aliphatic heterocycles. The number of hydrogen-bond donors (Lipinski definition) is 2. The predicted octanol–water partition coefficient (Wildman–Crippen LogP) is 0.532. The average molecular weight is 289 g/mol. The molecule has 2 saturated heterocycles. The summed E-state index contributed by atoms with van der Waals surface area (Å²) in [7, 11) is -1.21. The van der Waals surface area contributed by atoms with Gasteiger partial charge in [-0.15, -0.1) is 0 Å². The first-order chi connectivity index (χ1) is 9.12. The van der Waals surface area contributed by atoms with Crippen LogP contribution in [-0.4, -0.2) is 57.8 Å². The van der Waals surface area contributed by atoms with Gasteiger partial charge in [0.1, 0.15) is 0 Å². The van der Waals surface area contributed by atoms with Gasteiger partial charge >= 0.3 is 0 Å². The van der Waals surface area contributed by atoms with E-state index >= 15 is 0 Å². The third kappa shape index (κ3) is 4.41. The number of sulfonamides is 1. The maximum Gasteiger partial charge on any atom is 0.211 e. The van der Waals surface area contributed by atoms with E-state index < -0.39 is 10.0 Å². The van der Waals surface area contributed by atoms with E-state index in [0.29, 0.717) is 6.04 Å². The van der Waals surface area contributed by atoms with Crippen LogP contribution in [0.2, 0.25) is 0 Å². The van der Waals surface area contributed by atoms with E-state index in [4.69, 9.17) is 0 Å². The van der Waals surface area contributed by atoms with Gasteiger partial charge in [-0.25, -0.2) is 13.1 Å². The summed E-state index contributed by atoms with van der Waals surface area (Å²) >= 11 is 0. The molecular formula is C13H27N3O2S. The molecule has 5 nitrogen and oxygen atoms in total. The first-order valence-corrected chi connectivity index (χ1v) is 9.16. The normalized spacial score (nSPS) is 28.5. The average Bonchev–Trinajstić information content (AvgIpc) is 2.78. The van der Waals surface area contributed by atoms with Crippen LogP contribution in [0.3, 0.4) is 0 Å². The molecule has 2 N–H and O–H groups in total. The molecule has 2 rings (SSSR count). The van der Waals surface area contributed by atoms with E-state index in [2.05, 4.69) is 14.9 Å². The lowest BCUT2D eigenvalue weighted by molar-refractivity contribution is 0.186. The van der Waals surface area contributed by atoms with E-state index in [1.54, 1.807) is 0 Å². The fourth-order valence-corrected chi connectivity index (χ4v) is 4.71. The molecule has 0 bridgehead atoms. The van der Waals surface area contributed by atoms with Crippen molar-refractivity contribution in [3.8, 4) is 0 Å². The highest BCUT2D eigenvalue weighted by molar-refractivity contribution is 7.89. The molecule has 0 aromatic heterocycles. The second kappa shape index (κ2) is 7.02. The predicted molar refractivity (Wildman–Crippen MR) is 77.7 cm³/mol. The monoisotopic (exact) mass is 289 g/mol. The molecule has 2 unspecified atom stereocenters. The Balaban J connectivity index is 1.79. The summed E-state index contributed by atoms with van der Waals surface area (Å²) in [5.41, 5.74) is 0. The van der Waals surface area contributed by atoms with Crippen LogP contribution in [0.4, 0.5) is 0 Å². The zero-order valence-corrected chi connectivity index (χ0v) is 12.7. The number of unbranched alkanes of at least 4 members (excludes halogenated alkanes) is 1. The van der Waals surface area contributed by atoms with E-state index in [-0.39, 0.29) is 11.8 Å². The molecular weight excluding hydrogens is 262 g/mol. The highest BCUT2D eigenvalue weighted by Gasteiger charge is 2.37. The second-order valence-corrected chi connectivity index (χ2v) is 7.62. The van der Waals surface area contributed by atoms with Crippen molar-refractivity contribution in [2.75, 3.05) is 32.4 Å². The Kier molecular flexibility index (Phi) is 5.62. The van der Waals surface area contributed by atoms with E-state index in [1.807, 2.05) is 7.05 Å². The van der Waals surface area contributed by atoms with Crippen LogP contribution in [0.5, 0.6) is 0 Å². The molecule has 2 heterocycles. The summed E-state index contributed by atoms with van der Waals surface area (Å²) in [6, 6.07) is 0.593. The molecule has 0 saturated carbocycles. The van der Waals surface area contributed by atoms with Gasteiger partial charge in [0.25, 0.3) is 0 Å². The zero-order chi connectivity index (χ0) is 13.7. The number of nitrogens with zero attached hydrogens (tertiary/aromatic N) is 1. The van der Waals surface area contributed by atoms with Crippen molar-refractivity contribution < 1.29 is 8.42 Å². The quantitative estimate of drug-likeness (QED) is 0.671. The van der Waals surface area contributed by atoms with Gasteiger partial charge in [0.2, 0.25) is 10.0 Å². The van der Waals surface area contributed by atoms with E-state index in [0.717, 1.165) is 45.3 Å². The summed E-state index contributed by atoms with van der Waals surface area (Å²) < 4.78 is 27.1. The van der Waals surface area contributed by atoms with Crippen molar-refractivity contribution in [1.29, 1.82) is 0 Å². The Bertz CT molecular complexity index is 372. The largest absolute Gasteiger partial charge is 0.320 e. The molecule has 2 aliphatic rings. The highest BCUT2D eigenvalue weighted by Crippen LogP contribution is 2.27. The lowest BCUT2D eigenvalue weighted by atomic mass is 10.00. The van der Waals surface area contributed by atoms with Crippen LogP contribution >= 0.6 is 0 Å². The summed E-state index contributed by atoms with van der Waals surface area (Å²) in [4.78, 5) is 2.46. The van der Waals surface area contributed by atoms with Gasteiger partial charge < -0.3 is 5.32 Å². The lowest BCUT2D eigenvalue weighted by Gasteiger charge is -2.32. The number of rotatable bonds is 7. The number of nitrogens with one attached hydrogen (secondary N) is 2. The van der Waals surface area contributed by atoms with Crippen molar-refractivity contribution >= 4 is 10.0 Å². The Morgan fingerprint density at radius 2 is 2.00 bits per heavy atom. The SMILES string of the molecule is CNCCCCS(=O)(=O)NC1CCN2CCCCC12. The van der Waals surface area contributed by atoms with Gasteiger partial charge in [0.15, 0.2) is 0 Å². The molecule has 0 spiro atoms. The summed E-state index contributed by atoms with van der Waals surface area (Å²) in [6.07, 6.45) is 6.27. The molecule has 0 aromatic carbocycles. The smallest absolute Gasteiger partial charge is 0.211 e. The Labute approximate surface area is 117 Å². The molecule has 0 amide bonds. The molecule has 0 radical (unpaired) electrons. The van der Waals surface area contributed by atoms with Crippen LogP contribution in [0.1, 0.15) is 38.5 Å². The van der Waals surface area contributed by atoms with Crippen molar-refractivity contribution in [1.82, 2.24) is 14.9 Å². The first kappa shape index (κ1) is 15.2. The molecule has 2 fully saturated rings. The zero-order valence-electron chi connectivity index (χ0n) is 11.9. The third-order valence-corrected chi connectivity index (χ3v) is 5.76. The minimum atomic E-state index is -3.10. The lowest BCUT2D eigenvalue weighted by Crippen LogP contribution is -2.47. The van der Waals surface area contributed by atoms with Gasteiger partial charge in [-0.3, -0.25) is 4.90 Å². The van der Waals surface area contributed by atoms with Crippen molar-refractivity contribution in [3.63, 3.8) is 0 Å². The van der Waals surface area contributed by atoms with E-state index in [9.17, 15) is 8.42 Å². The van der Waals surface area contributed by atoms with Crippen LogP contribution < -0.4 is 10.0 Å². The number of fused-ring (bicyclic) bond motifs is 1. The molecule has 19 heavy (non-hydrogen) atoms. The van der Waals surface area contributed by atoms with Gasteiger partial charge in [0.05, 0.1) is 5.75 Å². The minimum absolute atomic E-state index is 0.148. The highest BCUT2D eigenvalue weighted by atomic mass is 32.2.